The molecule has 1 amide bonds. The molecule has 0 radical (unpaired) electrons. The highest BCUT2D eigenvalue weighted by Crippen LogP contribution is 2.24. The lowest BCUT2D eigenvalue weighted by molar-refractivity contribution is -0.121. The number of rotatable bonds is 10. The third-order valence-corrected chi connectivity index (χ3v) is 6.60. The number of aromatic nitrogens is 1. The zero-order valence-corrected chi connectivity index (χ0v) is 17.2. The first-order valence-corrected chi connectivity index (χ1v) is 11.2. The van der Waals surface area contributed by atoms with Crippen LogP contribution in [0.3, 0.4) is 0 Å². The van der Waals surface area contributed by atoms with E-state index in [2.05, 4.69) is 21.1 Å². The SMILES string of the molecule is CN(C)S(=O)(=O)NC1CCCC(CNC(=O)CCCCc2cccnc2)C1. The minimum atomic E-state index is -3.40. The maximum absolute atomic E-state index is 12.1. The molecule has 8 heteroatoms. The first kappa shape index (κ1) is 21.8. The molecule has 1 aromatic rings. The smallest absolute Gasteiger partial charge is 0.279 e. The number of aryl methyl sites for hydroxylation is 1. The number of pyridine rings is 1. The zero-order valence-electron chi connectivity index (χ0n) is 16.4. The van der Waals surface area contributed by atoms with Gasteiger partial charge in [-0.2, -0.15) is 17.4 Å². The molecule has 7 nitrogen and oxygen atoms in total. The monoisotopic (exact) mass is 396 g/mol. The number of nitrogens with one attached hydrogen (secondary N) is 2. The van der Waals surface area contributed by atoms with Crippen LogP contribution in [0, 0.1) is 5.92 Å². The van der Waals surface area contributed by atoms with Crippen molar-refractivity contribution in [2.75, 3.05) is 20.6 Å². The van der Waals surface area contributed by atoms with Gasteiger partial charge in [0.2, 0.25) is 5.91 Å². The second kappa shape index (κ2) is 10.7. The van der Waals surface area contributed by atoms with Crippen LogP contribution in [0.2, 0.25) is 0 Å². The lowest BCUT2D eigenvalue weighted by atomic mass is 9.86. The standard InChI is InChI=1S/C19H32N4O3S/c1-23(2)27(25,26)22-18-10-5-8-17(13-18)15-21-19(24)11-4-3-7-16-9-6-12-20-14-16/h6,9,12,14,17-18,22H,3-5,7-8,10-11,13,15H2,1-2H3,(H,21,24). The van der Waals surface area contributed by atoms with Gasteiger partial charge in [-0.15, -0.1) is 0 Å². The highest BCUT2D eigenvalue weighted by atomic mass is 32.2. The minimum Gasteiger partial charge on any atom is -0.356 e. The van der Waals surface area contributed by atoms with Crippen molar-refractivity contribution >= 4 is 16.1 Å². The number of unbranched alkanes of at least 4 members (excludes halogenated alkanes) is 1. The molecule has 1 heterocycles. The van der Waals surface area contributed by atoms with Gasteiger partial charge in [0.05, 0.1) is 0 Å². The maximum Gasteiger partial charge on any atom is 0.279 e. The van der Waals surface area contributed by atoms with Gasteiger partial charge in [-0.3, -0.25) is 9.78 Å². The van der Waals surface area contributed by atoms with Crippen LogP contribution in [0.1, 0.15) is 50.5 Å². The minimum absolute atomic E-state index is 0.0486. The molecule has 152 valence electrons. The van der Waals surface area contributed by atoms with Crippen LogP contribution in [0.15, 0.2) is 24.5 Å². The van der Waals surface area contributed by atoms with Crippen LogP contribution in [0.25, 0.3) is 0 Å². The van der Waals surface area contributed by atoms with Crippen molar-refractivity contribution in [1.29, 1.82) is 0 Å². The van der Waals surface area contributed by atoms with Crippen molar-refractivity contribution in [3.8, 4) is 0 Å². The molecule has 0 bridgehead atoms. The molecular formula is C19H32N4O3S. The van der Waals surface area contributed by atoms with E-state index in [0.717, 1.165) is 44.9 Å². The predicted octanol–water partition coefficient (Wildman–Crippen LogP) is 1.87. The normalized spacial score (nSPS) is 20.6. The third kappa shape index (κ3) is 7.94. The molecule has 0 aromatic carbocycles. The van der Waals surface area contributed by atoms with Crippen LogP contribution >= 0.6 is 0 Å². The molecule has 2 N–H and O–H groups in total. The molecule has 1 aliphatic rings. The fraction of sp³-hybridized carbons (Fsp3) is 0.684. The highest BCUT2D eigenvalue weighted by Gasteiger charge is 2.26. The average Bonchev–Trinajstić information content (AvgIpc) is 2.64. The van der Waals surface area contributed by atoms with E-state index in [-0.39, 0.29) is 11.9 Å². The van der Waals surface area contributed by atoms with Crippen LogP contribution in [-0.2, 0) is 21.4 Å². The molecule has 0 saturated heterocycles. The number of hydrogen-bond acceptors (Lipinski definition) is 4. The molecule has 2 unspecified atom stereocenters. The van der Waals surface area contributed by atoms with E-state index in [4.69, 9.17) is 0 Å². The molecule has 0 spiro atoms. The van der Waals surface area contributed by atoms with Gasteiger partial charge < -0.3 is 5.32 Å². The van der Waals surface area contributed by atoms with E-state index in [0.29, 0.717) is 18.9 Å². The molecule has 27 heavy (non-hydrogen) atoms. The lowest BCUT2D eigenvalue weighted by Crippen LogP contribution is -2.45. The first-order valence-electron chi connectivity index (χ1n) is 9.72. The van der Waals surface area contributed by atoms with Gasteiger partial charge in [-0.25, -0.2) is 0 Å². The van der Waals surface area contributed by atoms with Gasteiger partial charge in [-0.05, 0) is 56.1 Å². The van der Waals surface area contributed by atoms with Crippen molar-refractivity contribution in [3.63, 3.8) is 0 Å². The summed E-state index contributed by atoms with van der Waals surface area (Å²) in [5.41, 5.74) is 1.20. The summed E-state index contributed by atoms with van der Waals surface area (Å²) in [6.07, 6.45) is 10.6. The number of nitrogens with zero attached hydrogens (tertiary/aromatic N) is 2. The fourth-order valence-corrected chi connectivity index (χ4v) is 4.25. The molecule has 2 atom stereocenters. The Hall–Kier alpha value is -1.51. The first-order chi connectivity index (χ1) is 12.9. The highest BCUT2D eigenvalue weighted by molar-refractivity contribution is 7.87. The van der Waals surface area contributed by atoms with Crippen LogP contribution in [-0.4, -0.2) is 50.3 Å². The molecule has 2 rings (SSSR count). The van der Waals surface area contributed by atoms with Gasteiger partial charge in [0.25, 0.3) is 10.2 Å². The molecule has 1 aliphatic carbocycles. The summed E-state index contributed by atoms with van der Waals surface area (Å²) in [4.78, 5) is 16.1. The molecular weight excluding hydrogens is 364 g/mol. The Labute approximate surface area is 163 Å². The topological polar surface area (TPSA) is 91.4 Å². The van der Waals surface area contributed by atoms with Crippen LogP contribution in [0.4, 0.5) is 0 Å². The van der Waals surface area contributed by atoms with Crippen molar-refractivity contribution in [2.24, 2.45) is 5.92 Å². The lowest BCUT2D eigenvalue weighted by Gasteiger charge is -2.30. The second-order valence-electron chi connectivity index (χ2n) is 7.51. The average molecular weight is 397 g/mol. The van der Waals surface area contributed by atoms with Crippen LogP contribution < -0.4 is 10.0 Å². The fourth-order valence-electron chi connectivity index (χ4n) is 3.41. The summed E-state index contributed by atoms with van der Waals surface area (Å²) >= 11 is 0. The van der Waals surface area contributed by atoms with E-state index in [1.807, 2.05) is 12.3 Å². The summed E-state index contributed by atoms with van der Waals surface area (Å²) < 4.78 is 27.9. The summed E-state index contributed by atoms with van der Waals surface area (Å²) in [7, 11) is -0.349. The second-order valence-corrected chi connectivity index (χ2v) is 9.42. The van der Waals surface area contributed by atoms with Gasteiger partial charge >= 0.3 is 0 Å². The molecule has 1 aromatic heterocycles. The Morgan fingerprint density at radius 1 is 1.30 bits per heavy atom. The molecule has 1 fully saturated rings. The summed E-state index contributed by atoms with van der Waals surface area (Å²) in [6.45, 7) is 0.627. The summed E-state index contributed by atoms with van der Waals surface area (Å²) in [5, 5.41) is 3.02. The van der Waals surface area contributed by atoms with Crippen molar-refractivity contribution in [1.82, 2.24) is 19.3 Å². The Balaban J connectivity index is 1.63. The Bertz CT molecular complexity index is 679. The number of hydrogen-bond donors (Lipinski definition) is 2. The van der Waals surface area contributed by atoms with Crippen LogP contribution in [0.5, 0.6) is 0 Å². The zero-order chi connectivity index (χ0) is 19.7. The van der Waals surface area contributed by atoms with Gasteiger partial charge in [0.15, 0.2) is 0 Å². The van der Waals surface area contributed by atoms with Crippen molar-refractivity contribution < 1.29 is 13.2 Å². The largest absolute Gasteiger partial charge is 0.356 e. The summed E-state index contributed by atoms with van der Waals surface area (Å²) in [5.74, 6) is 0.408. The Morgan fingerprint density at radius 3 is 2.81 bits per heavy atom. The number of carbonyl (C=O) groups excluding carboxylic acids is 1. The van der Waals surface area contributed by atoms with E-state index in [9.17, 15) is 13.2 Å². The van der Waals surface area contributed by atoms with E-state index < -0.39 is 10.2 Å². The molecule has 0 aliphatic heterocycles. The van der Waals surface area contributed by atoms with Gasteiger partial charge in [0, 0.05) is 45.5 Å². The predicted molar refractivity (Wildman–Crippen MR) is 106 cm³/mol. The summed E-state index contributed by atoms with van der Waals surface area (Å²) in [6, 6.07) is 3.93. The van der Waals surface area contributed by atoms with Gasteiger partial charge in [-0.1, -0.05) is 12.5 Å². The quantitative estimate of drug-likeness (QED) is 0.591. The van der Waals surface area contributed by atoms with Crippen molar-refractivity contribution in [3.05, 3.63) is 30.1 Å². The van der Waals surface area contributed by atoms with E-state index >= 15 is 0 Å². The number of carbonyl (C=O) groups is 1. The van der Waals surface area contributed by atoms with E-state index in [1.54, 1.807) is 6.20 Å². The van der Waals surface area contributed by atoms with Gasteiger partial charge in [0.1, 0.15) is 0 Å². The third-order valence-electron chi connectivity index (χ3n) is 5.01. The Kier molecular flexibility index (Phi) is 8.66. The Morgan fingerprint density at radius 2 is 2.11 bits per heavy atom. The molecule has 1 saturated carbocycles. The number of amides is 1. The van der Waals surface area contributed by atoms with Crippen molar-refractivity contribution in [2.45, 2.75) is 57.4 Å². The maximum atomic E-state index is 12.1. The van der Waals surface area contributed by atoms with E-state index in [1.165, 1.54) is 24.0 Å².